The van der Waals surface area contributed by atoms with Crippen LogP contribution in [0.15, 0.2) is 47.6 Å². The van der Waals surface area contributed by atoms with Crippen LogP contribution in [0.2, 0.25) is 0 Å². The predicted octanol–water partition coefficient (Wildman–Crippen LogP) is 3.98. The summed E-state index contributed by atoms with van der Waals surface area (Å²) in [6, 6.07) is 8.56. The van der Waals surface area contributed by atoms with E-state index in [9.17, 15) is 8.42 Å². The van der Waals surface area contributed by atoms with E-state index in [-0.39, 0.29) is 4.90 Å². The van der Waals surface area contributed by atoms with Crippen LogP contribution in [0.5, 0.6) is 5.75 Å². The van der Waals surface area contributed by atoms with Crippen molar-refractivity contribution < 1.29 is 13.2 Å². The van der Waals surface area contributed by atoms with Crippen LogP contribution in [0, 0.1) is 10.5 Å². The fourth-order valence-corrected chi connectivity index (χ4v) is 4.69. The molecule has 2 heterocycles. The van der Waals surface area contributed by atoms with E-state index in [1.54, 1.807) is 42.7 Å². The molecule has 0 unspecified atom stereocenters. The van der Waals surface area contributed by atoms with Gasteiger partial charge in [0.15, 0.2) is 5.65 Å². The van der Waals surface area contributed by atoms with E-state index in [1.165, 1.54) is 3.97 Å². The second-order valence-corrected chi connectivity index (χ2v) is 8.42. The summed E-state index contributed by atoms with van der Waals surface area (Å²) in [7, 11) is -3.70. The van der Waals surface area contributed by atoms with Crippen molar-refractivity contribution in [2.24, 2.45) is 0 Å². The first-order chi connectivity index (χ1) is 11.4. The molecule has 2 aromatic heterocycles. The number of nitrogens with zero attached hydrogens (tertiary/aromatic N) is 2. The molecular formula is C17H17IN2O3S. The monoisotopic (exact) mass is 456 g/mol. The molecule has 3 aromatic rings. The lowest BCUT2D eigenvalue weighted by molar-refractivity contribution is 0.321. The summed E-state index contributed by atoms with van der Waals surface area (Å²) in [6.07, 6.45) is 4.04. The number of benzene rings is 1. The maximum atomic E-state index is 13.0. The molecule has 0 saturated heterocycles. The zero-order valence-corrected chi connectivity index (χ0v) is 16.3. The van der Waals surface area contributed by atoms with Crippen LogP contribution in [-0.4, -0.2) is 24.0 Å². The minimum Gasteiger partial charge on any atom is -0.493 e. The first-order valence-electron chi connectivity index (χ1n) is 7.55. The van der Waals surface area contributed by atoms with E-state index in [4.69, 9.17) is 4.74 Å². The second kappa shape index (κ2) is 6.72. The molecular weight excluding hydrogens is 439 g/mol. The van der Waals surface area contributed by atoms with Gasteiger partial charge in [0, 0.05) is 16.0 Å². The maximum absolute atomic E-state index is 13.0. The lowest BCUT2D eigenvalue weighted by Crippen LogP contribution is -2.12. The molecule has 0 aliphatic rings. The fraction of sp³-hybridized carbons (Fsp3) is 0.235. The van der Waals surface area contributed by atoms with Crippen molar-refractivity contribution in [3.63, 3.8) is 0 Å². The molecule has 5 nitrogen and oxygen atoms in total. The van der Waals surface area contributed by atoms with Crippen LogP contribution in [0.1, 0.15) is 18.9 Å². The first-order valence-corrected chi connectivity index (χ1v) is 10.1. The van der Waals surface area contributed by atoms with Crippen LogP contribution in [-0.2, 0) is 10.0 Å². The predicted molar refractivity (Wildman–Crippen MR) is 102 cm³/mol. The molecule has 0 aliphatic carbocycles. The van der Waals surface area contributed by atoms with Gasteiger partial charge >= 0.3 is 0 Å². The standard InChI is InChI=1S/C17H17IN2O3S/c1-3-10-23-15-8-9-19-17-16(15)14(18)11-20(17)24(21,22)13-6-4-12(2)5-7-13/h4-9,11H,3,10H2,1-2H3. The number of rotatable bonds is 5. The van der Waals surface area contributed by atoms with Gasteiger partial charge < -0.3 is 4.74 Å². The van der Waals surface area contributed by atoms with Gasteiger partial charge in [-0.2, -0.15) is 0 Å². The van der Waals surface area contributed by atoms with Crippen molar-refractivity contribution >= 4 is 43.6 Å². The van der Waals surface area contributed by atoms with Gasteiger partial charge in [-0.05, 0) is 54.1 Å². The molecule has 3 rings (SSSR count). The fourth-order valence-electron chi connectivity index (χ4n) is 2.39. The Morgan fingerprint density at radius 3 is 2.58 bits per heavy atom. The van der Waals surface area contributed by atoms with Crippen molar-refractivity contribution in [2.75, 3.05) is 6.61 Å². The highest BCUT2D eigenvalue weighted by atomic mass is 127. The van der Waals surface area contributed by atoms with Gasteiger partial charge in [0.1, 0.15) is 5.75 Å². The highest BCUT2D eigenvalue weighted by Gasteiger charge is 2.23. The molecule has 0 amide bonds. The number of aryl methyl sites for hydroxylation is 1. The Bertz CT molecular complexity index is 979. The van der Waals surface area contributed by atoms with Crippen LogP contribution >= 0.6 is 22.6 Å². The van der Waals surface area contributed by atoms with E-state index in [1.807, 2.05) is 13.8 Å². The minimum absolute atomic E-state index is 0.239. The molecule has 0 spiro atoms. The molecule has 7 heteroatoms. The Balaban J connectivity index is 2.18. The number of halogens is 1. The lowest BCUT2D eigenvalue weighted by Gasteiger charge is -2.09. The number of pyridine rings is 1. The summed E-state index contributed by atoms with van der Waals surface area (Å²) in [6.45, 7) is 4.52. The van der Waals surface area contributed by atoms with Crippen molar-refractivity contribution in [3.8, 4) is 5.75 Å². The third kappa shape index (κ3) is 3.02. The van der Waals surface area contributed by atoms with Crippen LogP contribution < -0.4 is 4.74 Å². The van der Waals surface area contributed by atoms with E-state index >= 15 is 0 Å². The minimum atomic E-state index is -3.70. The van der Waals surface area contributed by atoms with Crippen LogP contribution in [0.25, 0.3) is 11.0 Å². The molecule has 126 valence electrons. The molecule has 24 heavy (non-hydrogen) atoms. The molecule has 0 radical (unpaired) electrons. The topological polar surface area (TPSA) is 61.2 Å². The number of fused-ring (bicyclic) bond motifs is 1. The Hall–Kier alpha value is -1.61. The Morgan fingerprint density at radius 1 is 1.21 bits per heavy atom. The second-order valence-electron chi connectivity index (χ2n) is 5.45. The van der Waals surface area contributed by atoms with E-state index < -0.39 is 10.0 Å². The summed E-state index contributed by atoms with van der Waals surface area (Å²) in [4.78, 5) is 4.52. The van der Waals surface area contributed by atoms with Crippen molar-refractivity contribution in [1.29, 1.82) is 0 Å². The normalized spacial score (nSPS) is 11.8. The van der Waals surface area contributed by atoms with Gasteiger partial charge in [-0.3, -0.25) is 0 Å². The molecule has 0 fully saturated rings. The molecule has 0 atom stereocenters. The van der Waals surface area contributed by atoms with Gasteiger partial charge in [-0.25, -0.2) is 17.4 Å². The molecule has 1 aromatic carbocycles. The Labute approximate surface area is 154 Å². The highest BCUT2D eigenvalue weighted by molar-refractivity contribution is 14.1. The summed E-state index contributed by atoms with van der Waals surface area (Å²) >= 11 is 2.12. The maximum Gasteiger partial charge on any atom is 0.269 e. The zero-order valence-electron chi connectivity index (χ0n) is 13.4. The molecule has 0 saturated carbocycles. The average molecular weight is 456 g/mol. The van der Waals surface area contributed by atoms with Gasteiger partial charge in [0.25, 0.3) is 10.0 Å². The van der Waals surface area contributed by atoms with E-state index in [2.05, 4.69) is 27.6 Å². The Morgan fingerprint density at radius 2 is 1.92 bits per heavy atom. The van der Waals surface area contributed by atoms with E-state index in [0.717, 1.165) is 20.9 Å². The van der Waals surface area contributed by atoms with Crippen LogP contribution in [0.3, 0.4) is 0 Å². The highest BCUT2D eigenvalue weighted by Crippen LogP contribution is 2.32. The first kappa shape index (κ1) is 17.2. The lowest BCUT2D eigenvalue weighted by atomic mass is 10.2. The van der Waals surface area contributed by atoms with Gasteiger partial charge in [-0.1, -0.05) is 24.6 Å². The van der Waals surface area contributed by atoms with E-state index in [0.29, 0.717) is 18.0 Å². The Kier molecular flexibility index (Phi) is 4.82. The van der Waals surface area contributed by atoms with Gasteiger partial charge in [-0.15, -0.1) is 0 Å². The van der Waals surface area contributed by atoms with Gasteiger partial charge in [0.2, 0.25) is 0 Å². The van der Waals surface area contributed by atoms with Crippen LogP contribution in [0.4, 0.5) is 0 Å². The smallest absolute Gasteiger partial charge is 0.269 e. The third-order valence-electron chi connectivity index (χ3n) is 3.61. The number of aromatic nitrogens is 2. The number of hydrogen-bond donors (Lipinski definition) is 0. The van der Waals surface area contributed by atoms with Crippen molar-refractivity contribution in [1.82, 2.24) is 8.96 Å². The molecule has 0 aliphatic heterocycles. The van der Waals surface area contributed by atoms with Gasteiger partial charge in [0.05, 0.1) is 16.9 Å². The SMILES string of the molecule is CCCOc1ccnc2c1c(I)cn2S(=O)(=O)c1ccc(C)cc1. The largest absolute Gasteiger partial charge is 0.493 e. The van der Waals surface area contributed by atoms with Crippen molar-refractivity contribution in [3.05, 3.63) is 51.9 Å². The molecule has 0 N–H and O–H groups in total. The summed E-state index contributed by atoms with van der Waals surface area (Å²) in [5, 5.41) is 0.724. The van der Waals surface area contributed by atoms with Crippen molar-refractivity contribution in [2.45, 2.75) is 25.2 Å². The summed E-state index contributed by atoms with van der Waals surface area (Å²) in [5.41, 5.74) is 1.39. The number of hydrogen-bond acceptors (Lipinski definition) is 4. The zero-order chi connectivity index (χ0) is 17.3. The molecule has 0 bridgehead atoms. The average Bonchev–Trinajstić information content (AvgIpc) is 2.92. The summed E-state index contributed by atoms with van der Waals surface area (Å²) < 4.78 is 33.7. The number of ether oxygens (including phenoxy) is 1. The third-order valence-corrected chi connectivity index (χ3v) is 6.09. The quantitative estimate of drug-likeness (QED) is 0.546. The summed E-state index contributed by atoms with van der Waals surface area (Å²) in [5.74, 6) is 0.657.